The molecule has 6 heteroatoms. The molecule has 2 rings (SSSR count). The zero-order chi connectivity index (χ0) is 12.8. The third-order valence-corrected chi connectivity index (χ3v) is 2.31. The van der Waals surface area contributed by atoms with E-state index in [1.54, 1.807) is 19.2 Å². The first-order valence-corrected chi connectivity index (χ1v) is 5.58. The van der Waals surface area contributed by atoms with Crippen molar-refractivity contribution in [3.8, 4) is 11.5 Å². The lowest BCUT2D eigenvalue weighted by molar-refractivity contribution is 0.199. The zero-order valence-electron chi connectivity index (χ0n) is 10.0. The van der Waals surface area contributed by atoms with Gasteiger partial charge in [-0.2, -0.15) is 4.98 Å². The molecule has 0 unspecified atom stereocenters. The van der Waals surface area contributed by atoms with Crippen molar-refractivity contribution < 1.29 is 13.7 Å². The van der Waals surface area contributed by atoms with E-state index in [-0.39, 0.29) is 5.82 Å². The lowest BCUT2D eigenvalue weighted by atomic mass is 10.2. The maximum absolute atomic E-state index is 13.0. The van der Waals surface area contributed by atoms with Crippen LogP contribution in [-0.4, -0.2) is 30.4 Å². The lowest BCUT2D eigenvalue weighted by Crippen LogP contribution is -2.19. The number of rotatable bonds is 6. The second-order valence-corrected chi connectivity index (χ2v) is 3.70. The molecule has 0 bridgehead atoms. The Morgan fingerprint density at radius 1 is 1.44 bits per heavy atom. The normalized spacial score (nSPS) is 10.8. The highest BCUT2D eigenvalue weighted by molar-refractivity contribution is 5.52. The molecular weight excluding hydrogens is 237 g/mol. The van der Waals surface area contributed by atoms with Gasteiger partial charge in [-0.1, -0.05) is 11.2 Å². The summed E-state index contributed by atoms with van der Waals surface area (Å²) in [5.74, 6) is 0.522. The Hall–Kier alpha value is -1.79. The first-order valence-electron chi connectivity index (χ1n) is 5.58. The Bertz CT molecular complexity index is 502. The summed E-state index contributed by atoms with van der Waals surface area (Å²) in [6.45, 7) is 1.82. The van der Waals surface area contributed by atoms with Crippen molar-refractivity contribution in [2.45, 2.75) is 6.54 Å². The molecule has 1 aromatic carbocycles. The number of hydrogen-bond acceptors (Lipinski definition) is 5. The van der Waals surface area contributed by atoms with Gasteiger partial charge in [-0.3, -0.25) is 0 Å². The van der Waals surface area contributed by atoms with Crippen LogP contribution in [0.2, 0.25) is 0 Å². The molecule has 1 aromatic heterocycles. The molecule has 0 aliphatic heterocycles. The van der Waals surface area contributed by atoms with E-state index in [1.165, 1.54) is 12.1 Å². The minimum Gasteiger partial charge on any atom is -0.383 e. The number of halogens is 1. The number of nitrogens with one attached hydrogen (secondary N) is 1. The molecule has 96 valence electrons. The van der Waals surface area contributed by atoms with Crippen LogP contribution in [0.1, 0.15) is 5.82 Å². The number of ether oxygens (including phenoxy) is 1. The second kappa shape index (κ2) is 6.23. The summed E-state index contributed by atoms with van der Waals surface area (Å²) < 4.78 is 23.0. The van der Waals surface area contributed by atoms with E-state index < -0.39 is 0 Å². The fourth-order valence-corrected chi connectivity index (χ4v) is 1.44. The summed E-state index contributed by atoms with van der Waals surface area (Å²) in [6, 6.07) is 6.05. The van der Waals surface area contributed by atoms with Crippen molar-refractivity contribution in [1.82, 2.24) is 15.5 Å². The SMILES string of the molecule is COCCNCc1noc(-c2cccc(F)c2)n1. The van der Waals surface area contributed by atoms with Gasteiger partial charge >= 0.3 is 0 Å². The molecule has 0 saturated carbocycles. The third-order valence-electron chi connectivity index (χ3n) is 2.31. The monoisotopic (exact) mass is 251 g/mol. The maximum atomic E-state index is 13.0. The van der Waals surface area contributed by atoms with Gasteiger partial charge in [-0.05, 0) is 18.2 Å². The summed E-state index contributed by atoms with van der Waals surface area (Å²) in [5, 5.41) is 6.90. The highest BCUT2D eigenvalue weighted by Gasteiger charge is 2.08. The van der Waals surface area contributed by atoms with Gasteiger partial charge in [-0.25, -0.2) is 4.39 Å². The highest BCUT2D eigenvalue weighted by atomic mass is 19.1. The van der Waals surface area contributed by atoms with Crippen molar-refractivity contribution in [2.75, 3.05) is 20.3 Å². The van der Waals surface area contributed by atoms with Crippen molar-refractivity contribution in [3.63, 3.8) is 0 Å². The van der Waals surface area contributed by atoms with E-state index in [1.807, 2.05) is 0 Å². The van der Waals surface area contributed by atoms with Gasteiger partial charge in [0.2, 0.25) is 0 Å². The predicted octanol–water partition coefficient (Wildman–Crippen LogP) is 1.61. The van der Waals surface area contributed by atoms with Gasteiger partial charge in [0.15, 0.2) is 5.82 Å². The third kappa shape index (κ3) is 3.35. The number of aromatic nitrogens is 2. The molecule has 0 atom stereocenters. The molecule has 0 amide bonds. The smallest absolute Gasteiger partial charge is 0.258 e. The molecule has 0 fully saturated rings. The highest BCUT2D eigenvalue weighted by Crippen LogP contribution is 2.17. The Balaban J connectivity index is 1.97. The number of hydrogen-bond donors (Lipinski definition) is 1. The van der Waals surface area contributed by atoms with Crippen LogP contribution in [0.25, 0.3) is 11.5 Å². The van der Waals surface area contributed by atoms with Gasteiger partial charge in [0.25, 0.3) is 5.89 Å². The second-order valence-electron chi connectivity index (χ2n) is 3.70. The molecular formula is C12H14FN3O2. The van der Waals surface area contributed by atoms with Gasteiger partial charge in [0.05, 0.1) is 13.2 Å². The topological polar surface area (TPSA) is 60.2 Å². The number of benzene rings is 1. The van der Waals surface area contributed by atoms with Crippen LogP contribution in [0.3, 0.4) is 0 Å². The summed E-state index contributed by atoms with van der Waals surface area (Å²) in [5.41, 5.74) is 0.575. The van der Waals surface area contributed by atoms with Crippen molar-refractivity contribution in [2.24, 2.45) is 0 Å². The molecule has 5 nitrogen and oxygen atoms in total. The van der Waals surface area contributed by atoms with E-state index in [0.29, 0.717) is 37.0 Å². The zero-order valence-corrected chi connectivity index (χ0v) is 10.0. The van der Waals surface area contributed by atoms with E-state index >= 15 is 0 Å². The van der Waals surface area contributed by atoms with Gasteiger partial charge in [0.1, 0.15) is 5.82 Å². The van der Waals surface area contributed by atoms with Gasteiger partial charge in [-0.15, -0.1) is 0 Å². The standard InChI is InChI=1S/C12H14FN3O2/c1-17-6-5-14-8-11-15-12(18-16-11)9-3-2-4-10(13)7-9/h2-4,7,14H,5-6,8H2,1H3. The van der Waals surface area contributed by atoms with E-state index in [4.69, 9.17) is 9.26 Å². The average molecular weight is 251 g/mol. The van der Waals surface area contributed by atoms with Crippen LogP contribution in [0, 0.1) is 5.82 Å². The number of methoxy groups -OCH3 is 1. The lowest BCUT2D eigenvalue weighted by Gasteiger charge is -1.98. The summed E-state index contributed by atoms with van der Waals surface area (Å²) in [4.78, 5) is 4.17. The molecule has 1 N–H and O–H groups in total. The fourth-order valence-electron chi connectivity index (χ4n) is 1.44. The Labute approximate surface area is 104 Å². The molecule has 0 spiro atoms. The van der Waals surface area contributed by atoms with Crippen molar-refractivity contribution in [3.05, 3.63) is 35.9 Å². The summed E-state index contributed by atoms with van der Waals surface area (Å²) in [6.07, 6.45) is 0. The van der Waals surface area contributed by atoms with Crippen molar-refractivity contribution >= 4 is 0 Å². The van der Waals surface area contributed by atoms with Gasteiger partial charge in [0, 0.05) is 19.2 Å². The van der Waals surface area contributed by atoms with Crippen LogP contribution in [-0.2, 0) is 11.3 Å². The van der Waals surface area contributed by atoms with Crippen LogP contribution >= 0.6 is 0 Å². The minimum atomic E-state index is -0.328. The van der Waals surface area contributed by atoms with Gasteiger partial charge < -0.3 is 14.6 Å². The first-order chi connectivity index (χ1) is 8.79. The molecule has 1 heterocycles. The van der Waals surface area contributed by atoms with E-state index in [0.717, 1.165) is 0 Å². The average Bonchev–Trinajstić information content (AvgIpc) is 2.83. The Kier molecular flexibility index (Phi) is 4.38. The minimum absolute atomic E-state index is 0.318. The van der Waals surface area contributed by atoms with Crippen LogP contribution in [0.15, 0.2) is 28.8 Å². The molecule has 0 aliphatic carbocycles. The largest absolute Gasteiger partial charge is 0.383 e. The Morgan fingerprint density at radius 3 is 3.11 bits per heavy atom. The predicted molar refractivity (Wildman–Crippen MR) is 63.3 cm³/mol. The molecule has 0 aliphatic rings. The van der Waals surface area contributed by atoms with E-state index in [9.17, 15) is 4.39 Å². The molecule has 18 heavy (non-hydrogen) atoms. The first kappa shape index (κ1) is 12.7. The quantitative estimate of drug-likeness (QED) is 0.790. The maximum Gasteiger partial charge on any atom is 0.258 e. The van der Waals surface area contributed by atoms with Crippen LogP contribution < -0.4 is 5.32 Å². The Morgan fingerprint density at radius 2 is 2.33 bits per heavy atom. The van der Waals surface area contributed by atoms with E-state index in [2.05, 4.69) is 15.5 Å². The fraction of sp³-hybridized carbons (Fsp3) is 0.333. The van der Waals surface area contributed by atoms with Crippen LogP contribution in [0.4, 0.5) is 4.39 Å². The molecule has 0 saturated heterocycles. The molecule has 2 aromatic rings. The molecule has 0 radical (unpaired) electrons. The summed E-state index contributed by atoms with van der Waals surface area (Å²) in [7, 11) is 1.64. The number of nitrogens with zero attached hydrogens (tertiary/aromatic N) is 2. The van der Waals surface area contributed by atoms with Crippen molar-refractivity contribution in [1.29, 1.82) is 0 Å². The summed E-state index contributed by atoms with van der Waals surface area (Å²) >= 11 is 0. The van der Waals surface area contributed by atoms with Crippen LogP contribution in [0.5, 0.6) is 0 Å².